The van der Waals surface area contributed by atoms with Crippen LogP contribution >= 0.6 is 0 Å². The largest absolute Gasteiger partial charge is 0.379 e. The molecular weight excluding hydrogens is 259 g/mol. The molecule has 0 spiro atoms. The van der Waals surface area contributed by atoms with Crippen LogP contribution in [0, 0.1) is 11.7 Å². The number of anilines is 1. The van der Waals surface area contributed by atoms with Gasteiger partial charge in [0.15, 0.2) is 5.82 Å². The Balaban J connectivity index is 1.65. The second-order valence-electron chi connectivity index (χ2n) is 4.83. The molecule has 0 amide bonds. The molecule has 0 unspecified atom stereocenters. The van der Waals surface area contributed by atoms with Crippen LogP contribution < -0.4 is 5.32 Å². The minimum Gasteiger partial charge on any atom is -0.379 e. The van der Waals surface area contributed by atoms with Crippen molar-refractivity contribution in [3.05, 3.63) is 48.3 Å². The van der Waals surface area contributed by atoms with Crippen molar-refractivity contribution in [1.29, 1.82) is 0 Å². The van der Waals surface area contributed by atoms with Gasteiger partial charge in [-0.05, 0) is 24.1 Å². The van der Waals surface area contributed by atoms with E-state index in [4.69, 9.17) is 4.74 Å². The number of nitrogens with zero attached hydrogens (tertiary/aromatic N) is 3. The predicted octanol–water partition coefficient (Wildman–Crippen LogP) is 1.68. The third-order valence-electron chi connectivity index (χ3n) is 3.38. The monoisotopic (exact) mass is 274 g/mol. The summed E-state index contributed by atoms with van der Waals surface area (Å²) < 4.78 is 18.3. The van der Waals surface area contributed by atoms with Crippen LogP contribution in [-0.4, -0.2) is 34.2 Å². The molecule has 0 saturated carbocycles. The maximum atomic E-state index is 12.8. The standard InChI is InChI=1S/C14H15FN4O/c15-12-6-17-14(18-7-12)19-13-9-20-8-11(13)5-10-1-3-16-4-2-10/h1-4,6-7,11,13H,5,8-9H2,(H,17,18,19)/t11-,13-/m1/s1. The summed E-state index contributed by atoms with van der Waals surface area (Å²) in [4.78, 5) is 11.9. The normalized spacial score (nSPS) is 21.9. The molecule has 1 fully saturated rings. The molecule has 1 aliphatic rings. The molecule has 6 heteroatoms. The summed E-state index contributed by atoms with van der Waals surface area (Å²) in [6.07, 6.45) is 6.79. The third-order valence-corrected chi connectivity index (χ3v) is 3.38. The highest BCUT2D eigenvalue weighted by Crippen LogP contribution is 2.21. The molecule has 0 radical (unpaired) electrons. The van der Waals surface area contributed by atoms with Crippen molar-refractivity contribution in [2.24, 2.45) is 5.92 Å². The highest BCUT2D eigenvalue weighted by molar-refractivity contribution is 5.26. The first kappa shape index (κ1) is 12.9. The van der Waals surface area contributed by atoms with E-state index in [1.807, 2.05) is 12.1 Å². The number of aromatic nitrogens is 3. The Morgan fingerprint density at radius 2 is 1.95 bits per heavy atom. The van der Waals surface area contributed by atoms with Crippen molar-refractivity contribution in [3.63, 3.8) is 0 Å². The average molecular weight is 274 g/mol. The van der Waals surface area contributed by atoms with Gasteiger partial charge >= 0.3 is 0 Å². The molecule has 0 aliphatic carbocycles. The van der Waals surface area contributed by atoms with Gasteiger partial charge in [-0.15, -0.1) is 0 Å². The van der Waals surface area contributed by atoms with Crippen molar-refractivity contribution < 1.29 is 9.13 Å². The number of nitrogens with one attached hydrogen (secondary N) is 1. The fourth-order valence-corrected chi connectivity index (χ4v) is 2.33. The van der Waals surface area contributed by atoms with Crippen molar-refractivity contribution in [2.45, 2.75) is 12.5 Å². The Bertz CT molecular complexity index is 549. The van der Waals surface area contributed by atoms with E-state index in [0.717, 1.165) is 18.8 Å². The number of pyridine rings is 1. The van der Waals surface area contributed by atoms with Gasteiger partial charge in [0.1, 0.15) is 0 Å². The summed E-state index contributed by atoms with van der Waals surface area (Å²) in [7, 11) is 0. The molecular formula is C14H15FN4O. The second-order valence-corrected chi connectivity index (χ2v) is 4.83. The molecule has 20 heavy (non-hydrogen) atoms. The molecule has 104 valence electrons. The van der Waals surface area contributed by atoms with Crippen LogP contribution in [0.3, 0.4) is 0 Å². The molecule has 1 saturated heterocycles. The summed E-state index contributed by atoms with van der Waals surface area (Å²) >= 11 is 0. The zero-order valence-electron chi connectivity index (χ0n) is 10.9. The number of hydrogen-bond acceptors (Lipinski definition) is 5. The van der Waals surface area contributed by atoms with Crippen molar-refractivity contribution in [3.8, 4) is 0 Å². The highest BCUT2D eigenvalue weighted by atomic mass is 19.1. The van der Waals surface area contributed by atoms with Crippen LogP contribution in [0.5, 0.6) is 0 Å². The highest BCUT2D eigenvalue weighted by Gasteiger charge is 2.28. The molecule has 0 bridgehead atoms. The summed E-state index contributed by atoms with van der Waals surface area (Å²) in [5.41, 5.74) is 1.22. The number of hydrogen-bond donors (Lipinski definition) is 1. The number of rotatable bonds is 4. The van der Waals surface area contributed by atoms with E-state index in [0.29, 0.717) is 25.1 Å². The quantitative estimate of drug-likeness (QED) is 0.919. The first-order valence-electron chi connectivity index (χ1n) is 6.52. The average Bonchev–Trinajstić information content (AvgIpc) is 2.90. The maximum Gasteiger partial charge on any atom is 0.223 e. The fraction of sp³-hybridized carbons (Fsp3) is 0.357. The van der Waals surface area contributed by atoms with Crippen LogP contribution in [-0.2, 0) is 11.2 Å². The summed E-state index contributed by atoms with van der Waals surface area (Å²) in [5.74, 6) is 0.333. The topological polar surface area (TPSA) is 59.9 Å². The van der Waals surface area contributed by atoms with Gasteiger partial charge in [0, 0.05) is 18.3 Å². The SMILES string of the molecule is Fc1cnc(N[C@@H]2COC[C@H]2Cc2ccncc2)nc1. The molecule has 2 aromatic heterocycles. The summed E-state index contributed by atoms with van der Waals surface area (Å²) in [6, 6.07) is 4.14. The predicted molar refractivity (Wildman–Crippen MR) is 71.7 cm³/mol. The lowest BCUT2D eigenvalue weighted by Gasteiger charge is -2.18. The minimum absolute atomic E-state index is 0.133. The van der Waals surface area contributed by atoms with Gasteiger partial charge in [0.25, 0.3) is 0 Å². The Morgan fingerprint density at radius 3 is 2.70 bits per heavy atom. The molecule has 2 aromatic rings. The number of ether oxygens (including phenoxy) is 1. The number of halogens is 1. The first-order chi connectivity index (χ1) is 9.81. The molecule has 2 atom stereocenters. The van der Waals surface area contributed by atoms with E-state index in [1.54, 1.807) is 12.4 Å². The Hall–Kier alpha value is -2.08. The van der Waals surface area contributed by atoms with E-state index in [1.165, 1.54) is 5.56 Å². The van der Waals surface area contributed by atoms with Crippen LogP contribution in [0.25, 0.3) is 0 Å². The fourth-order valence-electron chi connectivity index (χ4n) is 2.33. The Labute approximate surface area is 116 Å². The van der Waals surface area contributed by atoms with E-state index >= 15 is 0 Å². The van der Waals surface area contributed by atoms with Crippen LogP contribution in [0.1, 0.15) is 5.56 Å². The van der Waals surface area contributed by atoms with Crippen LogP contribution in [0.2, 0.25) is 0 Å². The lowest BCUT2D eigenvalue weighted by atomic mass is 9.95. The summed E-state index contributed by atoms with van der Waals surface area (Å²) in [5, 5.41) is 3.21. The van der Waals surface area contributed by atoms with Crippen LogP contribution in [0.4, 0.5) is 10.3 Å². The van der Waals surface area contributed by atoms with Gasteiger partial charge < -0.3 is 10.1 Å². The second kappa shape index (κ2) is 5.92. The lowest BCUT2D eigenvalue weighted by molar-refractivity contribution is 0.185. The van der Waals surface area contributed by atoms with Gasteiger partial charge in [0.05, 0.1) is 31.6 Å². The third kappa shape index (κ3) is 3.08. The minimum atomic E-state index is -0.438. The van der Waals surface area contributed by atoms with E-state index < -0.39 is 5.82 Å². The van der Waals surface area contributed by atoms with Gasteiger partial charge in [0.2, 0.25) is 5.95 Å². The van der Waals surface area contributed by atoms with E-state index in [2.05, 4.69) is 20.3 Å². The first-order valence-corrected chi connectivity index (χ1v) is 6.52. The van der Waals surface area contributed by atoms with Gasteiger partial charge in [-0.1, -0.05) is 0 Å². The smallest absolute Gasteiger partial charge is 0.223 e. The summed E-state index contributed by atoms with van der Waals surface area (Å²) in [6.45, 7) is 1.30. The molecule has 3 heterocycles. The van der Waals surface area contributed by atoms with Gasteiger partial charge in [-0.25, -0.2) is 14.4 Å². The van der Waals surface area contributed by atoms with Gasteiger partial charge in [-0.2, -0.15) is 0 Å². The zero-order valence-corrected chi connectivity index (χ0v) is 10.9. The van der Waals surface area contributed by atoms with E-state index in [-0.39, 0.29) is 6.04 Å². The zero-order chi connectivity index (χ0) is 13.8. The van der Waals surface area contributed by atoms with Crippen LogP contribution in [0.15, 0.2) is 36.9 Å². The molecule has 5 nitrogen and oxygen atoms in total. The van der Waals surface area contributed by atoms with Crippen molar-refractivity contribution in [1.82, 2.24) is 15.0 Å². The molecule has 1 N–H and O–H groups in total. The molecule has 1 aliphatic heterocycles. The van der Waals surface area contributed by atoms with E-state index in [9.17, 15) is 4.39 Å². The van der Waals surface area contributed by atoms with Crippen molar-refractivity contribution in [2.75, 3.05) is 18.5 Å². The maximum absolute atomic E-state index is 12.8. The molecule has 0 aromatic carbocycles. The van der Waals surface area contributed by atoms with Crippen molar-refractivity contribution >= 4 is 5.95 Å². The van der Waals surface area contributed by atoms with Gasteiger partial charge in [-0.3, -0.25) is 4.98 Å². The molecule has 3 rings (SSSR count). The Kier molecular flexibility index (Phi) is 3.83. The Morgan fingerprint density at radius 1 is 1.20 bits per heavy atom. The lowest BCUT2D eigenvalue weighted by Crippen LogP contribution is -2.30.